The summed E-state index contributed by atoms with van der Waals surface area (Å²) in [5.74, 6) is 0.658. The number of benzene rings is 1. The van der Waals surface area contributed by atoms with Gasteiger partial charge in [0.25, 0.3) is 5.22 Å². The summed E-state index contributed by atoms with van der Waals surface area (Å²) in [7, 11) is 0. The van der Waals surface area contributed by atoms with Crippen LogP contribution in [0, 0.1) is 19.8 Å². The molecule has 0 amide bonds. The summed E-state index contributed by atoms with van der Waals surface area (Å²) in [5.41, 5.74) is 3.49. The molecule has 0 bridgehead atoms. The Morgan fingerprint density at radius 3 is 2.75 bits per heavy atom. The molecular formula is C16H22N2OS. The molecule has 0 aliphatic rings. The van der Waals surface area contributed by atoms with E-state index in [1.807, 2.05) is 6.92 Å². The number of rotatable bonds is 6. The summed E-state index contributed by atoms with van der Waals surface area (Å²) in [6.07, 6.45) is 1.69. The molecule has 0 fully saturated rings. The van der Waals surface area contributed by atoms with Gasteiger partial charge in [-0.3, -0.25) is 0 Å². The summed E-state index contributed by atoms with van der Waals surface area (Å²) in [6, 6.07) is 6.50. The van der Waals surface area contributed by atoms with E-state index in [1.54, 1.807) is 18.0 Å². The third-order valence-electron chi connectivity index (χ3n) is 2.88. The first-order valence-corrected chi connectivity index (χ1v) is 7.76. The summed E-state index contributed by atoms with van der Waals surface area (Å²) in [5, 5.41) is 4.20. The molecule has 2 rings (SSSR count). The highest BCUT2D eigenvalue weighted by molar-refractivity contribution is 7.99. The molecule has 0 spiro atoms. The monoisotopic (exact) mass is 290 g/mol. The second-order valence-electron chi connectivity index (χ2n) is 5.49. The van der Waals surface area contributed by atoms with Crippen LogP contribution in [0.3, 0.4) is 0 Å². The Kier molecular flexibility index (Phi) is 5.26. The van der Waals surface area contributed by atoms with Crippen molar-refractivity contribution < 1.29 is 4.42 Å². The van der Waals surface area contributed by atoms with Gasteiger partial charge in [0.15, 0.2) is 0 Å². The molecule has 1 heterocycles. The average molecular weight is 290 g/mol. The van der Waals surface area contributed by atoms with Crippen LogP contribution in [0.2, 0.25) is 0 Å². The van der Waals surface area contributed by atoms with Crippen LogP contribution in [-0.2, 0) is 6.54 Å². The first-order valence-electron chi connectivity index (χ1n) is 6.95. The molecule has 0 radical (unpaired) electrons. The van der Waals surface area contributed by atoms with Crippen LogP contribution in [0.4, 0.5) is 0 Å². The zero-order valence-electron chi connectivity index (χ0n) is 12.6. The van der Waals surface area contributed by atoms with E-state index in [-0.39, 0.29) is 0 Å². The van der Waals surface area contributed by atoms with Gasteiger partial charge in [0, 0.05) is 11.4 Å². The van der Waals surface area contributed by atoms with Crippen LogP contribution < -0.4 is 5.32 Å². The van der Waals surface area contributed by atoms with E-state index in [1.165, 1.54) is 16.0 Å². The van der Waals surface area contributed by atoms with Crippen LogP contribution in [0.1, 0.15) is 30.7 Å². The Bertz CT molecular complexity index is 563. The Morgan fingerprint density at radius 1 is 1.30 bits per heavy atom. The third-order valence-corrected chi connectivity index (χ3v) is 3.86. The first kappa shape index (κ1) is 15.1. The van der Waals surface area contributed by atoms with Gasteiger partial charge in [-0.1, -0.05) is 31.5 Å². The fourth-order valence-electron chi connectivity index (χ4n) is 1.91. The fraction of sp³-hybridized carbons (Fsp3) is 0.438. The summed E-state index contributed by atoms with van der Waals surface area (Å²) in [4.78, 5) is 5.56. The lowest BCUT2D eigenvalue weighted by Crippen LogP contribution is -2.19. The van der Waals surface area contributed by atoms with Crippen molar-refractivity contribution in [2.45, 2.75) is 44.4 Å². The minimum atomic E-state index is 0.658. The van der Waals surface area contributed by atoms with Crippen molar-refractivity contribution in [1.82, 2.24) is 10.3 Å². The third kappa shape index (κ3) is 4.39. The predicted octanol–water partition coefficient (Wildman–Crippen LogP) is 4.19. The van der Waals surface area contributed by atoms with Gasteiger partial charge < -0.3 is 9.73 Å². The maximum Gasteiger partial charge on any atom is 0.260 e. The summed E-state index contributed by atoms with van der Waals surface area (Å²) in [6.45, 7) is 10.4. The highest BCUT2D eigenvalue weighted by Gasteiger charge is 2.09. The summed E-state index contributed by atoms with van der Waals surface area (Å²) >= 11 is 1.58. The Labute approximate surface area is 125 Å². The fourth-order valence-corrected chi connectivity index (χ4v) is 2.79. The molecule has 1 aromatic heterocycles. The van der Waals surface area contributed by atoms with Crippen LogP contribution in [0.5, 0.6) is 0 Å². The van der Waals surface area contributed by atoms with Crippen LogP contribution in [0.15, 0.2) is 39.0 Å². The molecule has 2 aromatic rings. The van der Waals surface area contributed by atoms with E-state index >= 15 is 0 Å². The normalized spacial score (nSPS) is 11.2. The van der Waals surface area contributed by atoms with Crippen LogP contribution in [-0.4, -0.2) is 11.5 Å². The molecule has 4 heteroatoms. The Balaban J connectivity index is 2.10. The molecule has 0 aliphatic heterocycles. The van der Waals surface area contributed by atoms with E-state index in [0.29, 0.717) is 11.1 Å². The van der Waals surface area contributed by atoms with Crippen molar-refractivity contribution in [1.29, 1.82) is 0 Å². The van der Waals surface area contributed by atoms with Gasteiger partial charge in [0.05, 0.1) is 5.69 Å². The number of aryl methyl sites for hydroxylation is 2. The van der Waals surface area contributed by atoms with Gasteiger partial charge in [0.1, 0.15) is 6.26 Å². The quantitative estimate of drug-likeness (QED) is 0.865. The van der Waals surface area contributed by atoms with E-state index < -0.39 is 0 Å². The van der Waals surface area contributed by atoms with Gasteiger partial charge in [0.2, 0.25) is 0 Å². The van der Waals surface area contributed by atoms with E-state index in [0.717, 1.165) is 18.8 Å². The lowest BCUT2D eigenvalue weighted by molar-refractivity contribution is 0.454. The topological polar surface area (TPSA) is 38.1 Å². The van der Waals surface area contributed by atoms with Crippen molar-refractivity contribution >= 4 is 11.8 Å². The minimum Gasteiger partial charge on any atom is -0.439 e. The van der Waals surface area contributed by atoms with Gasteiger partial charge >= 0.3 is 0 Å². The molecule has 0 saturated carbocycles. The first-order chi connectivity index (χ1) is 9.54. The van der Waals surface area contributed by atoms with Crippen molar-refractivity contribution in [2.24, 2.45) is 5.92 Å². The second-order valence-corrected chi connectivity index (χ2v) is 6.49. The van der Waals surface area contributed by atoms with Crippen molar-refractivity contribution in [2.75, 3.05) is 6.54 Å². The number of hydrogen-bond donors (Lipinski definition) is 1. The standard InChI is InChI=1S/C16H22N2OS/c1-11(2)8-17-9-14-7-12(3)5-6-15(14)20-16-18-13(4)10-19-16/h5-7,10-11,17H,8-9H2,1-4H3. The van der Waals surface area contributed by atoms with Gasteiger partial charge in [-0.2, -0.15) is 0 Å². The average Bonchev–Trinajstić information content (AvgIpc) is 2.78. The highest BCUT2D eigenvalue weighted by Crippen LogP contribution is 2.30. The smallest absolute Gasteiger partial charge is 0.260 e. The Hall–Kier alpha value is -1.26. The lowest BCUT2D eigenvalue weighted by atomic mass is 10.1. The molecular weight excluding hydrogens is 268 g/mol. The molecule has 20 heavy (non-hydrogen) atoms. The summed E-state index contributed by atoms with van der Waals surface area (Å²) < 4.78 is 5.43. The number of nitrogens with zero attached hydrogens (tertiary/aromatic N) is 1. The van der Waals surface area contributed by atoms with E-state index in [2.05, 4.69) is 49.3 Å². The number of hydrogen-bond acceptors (Lipinski definition) is 4. The van der Waals surface area contributed by atoms with Gasteiger partial charge in [-0.15, -0.1) is 0 Å². The van der Waals surface area contributed by atoms with Crippen LogP contribution in [0.25, 0.3) is 0 Å². The maximum absolute atomic E-state index is 5.43. The molecule has 0 saturated heterocycles. The zero-order chi connectivity index (χ0) is 14.5. The molecule has 1 aromatic carbocycles. The molecule has 0 atom stereocenters. The van der Waals surface area contributed by atoms with Crippen LogP contribution >= 0.6 is 11.8 Å². The number of aromatic nitrogens is 1. The zero-order valence-corrected chi connectivity index (χ0v) is 13.4. The van der Waals surface area contributed by atoms with Gasteiger partial charge in [-0.05, 0) is 49.7 Å². The minimum absolute atomic E-state index is 0.658. The molecule has 0 aliphatic carbocycles. The number of oxazole rings is 1. The predicted molar refractivity (Wildman–Crippen MR) is 83.1 cm³/mol. The molecule has 3 nitrogen and oxygen atoms in total. The lowest BCUT2D eigenvalue weighted by Gasteiger charge is -2.11. The highest BCUT2D eigenvalue weighted by atomic mass is 32.2. The second kappa shape index (κ2) is 6.95. The van der Waals surface area contributed by atoms with E-state index in [4.69, 9.17) is 4.42 Å². The number of nitrogens with one attached hydrogen (secondary N) is 1. The molecule has 108 valence electrons. The molecule has 0 unspecified atom stereocenters. The SMILES string of the molecule is Cc1ccc(Sc2nc(C)co2)c(CNCC(C)C)c1. The van der Waals surface area contributed by atoms with Gasteiger partial charge in [-0.25, -0.2) is 4.98 Å². The maximum atomic E-state index is 5.43. The van der Waals surface area contributed by atoms with Crippen molar-refractivity contribution in [3.05, 3.63) is 41.3 Å². The molecule has 1 N–H and O–H groups in total. The Morgan fingerprint density at radius 2 is 2.10 bits per heavy atom. The van der Waals surface area contributed by atoms with E-state index in [9.17, 15) is 0 Å². The largest absolute Gasteiger partial charge is 0.439 e. The van der Waals surface area contributed by atoms with Crippen molar-refractivity contribution in [3.63, 3.8) is 0 Å². The van der Waals surface area contributed by atoms with Crippen molar-refractivity contribution in [3.8, 4) is 0 Å².